The first-order valence-electron chi connectivity index (χ1n) is 5.50. The smallest absolute Gasteiger partial charge is 0.474 e. The number of ether oxygens (including phenoxy) is 1. The van der Waals surface area contributed by atoms with E-state index in [1.54, 1.807) is 0 Å². The Kier molecular flexibility index (Phi) is 4.57. The van der Waals surface area contributed by atoms with Gasteiger partial charge in [0.2, 0.25) is 0 Å². The van der Waals surface area contributed by atoms with Gasteiger partial charge >= 0.3 is 7.82 Å². The Morgan fingerprint density at radius 3 is 2.53 bits per heavy atom. The van der Waals surface area contributed by atoms with Crippen LogP contribution in [0.2, 0.25) is 0 Å². The molecule has 0 unspecified atom stereocenters. The molecule has 1 aromatic carbocycles. The molecule has 1 aliphatic heterocycles. The van der Waals surface area contributed by atoms with Crippen molar-refractivity contribution in [3.8, 4) is 5.75 Å². The van der Waals surface area contributed by atoms with Crippen molar-refractivity contribution >= 4 is 7.82 Å². The molecule has 0 bridgehead atoms. The number of phosphoric ester groups is 1. The van der Waals surface area contributed by atoms with Gasteiger partial charge in [-0.1, -0.05) is 18.2 Å². The molecule has 0 N–H and O–H groups in total. The molecular formula is C11H15O5P. The Labute approximate surface area is 100 Å². The third-order valence-corrected chi connectivity index (χ3v) is 3.63. The van der Waals surface area contributed by atoms with Crippen molar-refractivity contribution in [1.29, 1.82) is 0 Å². The first-order chi connectivity index (χ1) is 8.29. The minimum Gasteiger partial charge on any atom is -0.491 e. The molecule has 2 rings (SSSR count). The zero-order valence-corrected chi connectivity index (χ0v) is 10.3. The topological polar surface area (TPSA) is 54.0 Å². The SMILES string of the molecule is O=P1(OCCOc2ccccc2)OCCCO1. The van der Waals surface area contributed by atoms with Crippen molar-refractivity contribution < 1.29 is 22.9 Å². The van der Waals surface area contributed by atoms with Gasteiger partial charge in [-0.2, -0.15) is 0 Å². The lowest BCUT2D eigenvalue weighted by atomic mass is 10.3. The van der Waals surface area contributed by atoms with E-state index in [0.717, 1.165) is 12.2 Å². The van der Waals surface area contributed by atoms with Crippen LogP contribution in [0, 0.1) is 0 Å². The third-order valence-electron chi connectivity index (χ3n) is 2.13. The van der Waals surface area contributed by atoms with Crippen LogP contribution >= 0.6 is 7.82 Å². The Balaban J connectivity index is 1.68. The molecule has 0 aliphatic carbocycles. The van der Waals surface area contributed by atoms with Crippen LogP contribution < -0.4 is 4.74 Å². The lowest BCUT2D eigenvalue weighted by Crippen LogP contribution is -2.13. The molecule has 1 aliphatic rings. The summed E-state index contributed by atoms with van der Waals surface area (Å²) in [4.78, 5) is 0. The fraction of sp³-hybridized carbons (Fsp3) is 0.455. The second-order valence-electron chi connectivity index (χ2n) is 3.46. The molecule has 1 fully saturated rings. The van der Waals surface area contributed by atoms with E-state index in [2.05, 4.69) is 0 Å². The lowest BCUT2D eigenvalue weighted by molar-refractivity contribution is 0.0668. The molecule has 6 heteroatoms. The maximum atomic E-state index is 11.7. The largest absolute Gasteiger partial charge is 0.491 e. The highest BCUT2D eigenvalue weighted by atomic mass is 31.2. The van der Waals surface area contributed by atoms with Crippen LogP contribution in [-0.4, -0.2) is 26.4 Å². The minimum atomic E-state index is -3.31. The first kappa shape index (κ1) is 12.6. The Hall–Kier alpha value is -0.870. The van der Waals surface area contributed by atoms with Crippen molar-refractivity contribution in [2.45, 2.75) is 6.42 Å². The minimum absolute atomic E-state index is 0.173. The standard InChI is InChI=1S/C11H15O5P/c12-17(14-7-4-8-15-17)16-10-9-13-11-5-2-1-3-6-11/h1-3,5-6H,4,7-10H2. The van der Waals surface area contributed by atoms with Crippen molar-refractivity contribution in [1.82, 2.24) is 0 Å². The van der Waals surface area contributed by atoms with Gasteiger partial charge in [0.05, 0.1) is 19.8 Å². The summed E-state index contributed by atoms with van der Waals surface area (Å²) in [5.74, 6) is 0.750. The zero-order valence-electron chi connectivity index (χ0n) is 9.41. The summed E-state index contributed by atoms with van der Waals surface area (Å²) in [7, 11) is -3.31. The monoisotopic (exact) mass is 258 g/mol. The van der Waals surface area contributed by atoms with Gasteiger partial charge < -0.3 is 4.74 Å². The predicted octanol–water partition coefficient (Wildman–Crippen LogP) is 2.63. The predicted molar refractivity (Wildman–Crippen MR) is 62.0 cm³/mol. The van der Waals surface area contributed by atoms with Crippen LogP contribution in [0.4, 0.5) is 0 Å². The van der Waals surface area contributed by atoms with Gasteiger partial charge in [-0.25, -0.2) is 4.57 Å². The van der Waals surface area contributed by atoms with E-state index in [9.17, 15) is 4.57 Å². The van der Waals surface area contributed by atoms with Crippen molar-refractivity contribution in [3.05, 3.63) is 30.3 Å². The van der Waals surface area contributed by atoms with E-state index in [1.807, 2.05) is 30.3 Å². The molecule has 0 atom stereocenters. The van der Waals surface area contributed by atoms with E-state index in [0.29, 0.717) is 19.8 Å². The lowest BCUT2D eigenvalue weighted by Gasteiger charge is -2.21. The normalized spacial score (nSPS) is 18.8. The molecule has 0 amide bonds. The van der Waals surface area contributed by atoms with Crippen LogP contribution in [0.5, 0.6) is 5.75 Å². The second kappa shape index (κ2) is 6.17. The maximum Gasteiger partial charge on any atom is 0.474 e. The molecule has 0 spiro atoms. The first-order valence-corrected chi connectivity index (χ1v) is 6.96. The summed E-state index contributed by atoms with van der Waals surface area (Å²) >= 11 is 0. The third kappa shape index (κ3) is 4.13. The summed E-state index contributed by atoms with van der Waals surface area (Å²) in [5, 5.41) is 0. The van der Waals surface area contributed by atoms with Gasteiger partial charge in [-0.05, 0) is 18.6 Å². The average molecular weight is 258 g/mol. The molecule has 1 heterocycles. The van der Waals surface area contributed by atoms with Crippen LogP contribution in [0.3, 0.4) is 0 Å². The van der Waals surface area contributed by atoms with E-state index in [4.69, 9.17) is 18.3 Å². The summed E-state index contributed by atoms with van der Waals surface area (Å²) in [6.45, 7) is 1.31. The molecule has 1 saturated heterocycles. The Bertz CT molecular complexity index is 371. The molecule has 5 nitrogen and oxygen atoms in total. The molecular weight excluding hydrogens is 243 g/mol. The number of benzene rings is 1. The number of hydrogen-bond acceptors (Lipinski definition) is 5. The van der Waals surface area contributed by atoms with Gasteiger partial charge in [-0.15, -0.1) is 0 Å². The number of rotatable bonds is 5. The average Bonchev–Trinajstić information content (AvgIpc) is 2.37. The highest BCUT2D eigenvalue weighted by molar-refractivity contribution is 7.48. The van der Waals surface area contributed by atoms with Gasteiger partial charge in [0.1, 0.15) is 12.4 Å². The number of hydrogen-bond donors (Lipinski definition) is 0. The zero-order chi connectivity index (χ0) is 12.0. The molecule has 1 aromatic rings. The van der Waals surface area contributed by atoms with Crippen LogP contribution in [0.15, 0.2) is 30.3 Å². The van der Waals surface area contributed by atoms with E-state index in [1.165, 1.54) is 0 Å². The maximum absolute atomic E-state index is 11.7. The fourth-order valence-electron chi connectivity index (χ4n) is 1.35. The van der Waals surface area contributed by atoms with Gasteiger partial charge in [0.15, 0.2) is 0 Å². The quantitative estimate of drug-likeness (QED) is 0.600. The molecule has 0 aromatic heterocycles. The van der Waals surface area contributed by atoms with E-state index < -0.39 is 7.82 Å². The van der Waals surface area contributed by atoms with Crippen molar-refractivity contribution in [3.63, 3.8) is 0 Å². The summed E-state index contributed by atoms with van der Waals surface area (Å²) in [6, 6.07) is 9.36. The van der Waals surface area contributed by atoms with Crippen molar-refractivity contribution in [2.24, 2.45) is 0 Å². The second-order valence-corrected chi connectivity index (χ2v) is 5.13. The summed E-state index contributed by atoms with van der Waals surface area (Å²) in [5.41, 5.74) is 0. The Morgan fingerprint density at radius 2 is 1.82 bits per heavy atom. The number of para-hydroxylation sites is 1. The van der Waals surface area contributed by atoms with E-state index >= 15 is 0 Å². The van der Waals surface area contributed by atoms with Crippen LogP contribution in [0.1, 0.15) is 6.42 Å². The summed E-state index contributed by atoms with van der Waals surface area (Å²) < 4.78 is 32.1. The molecule has 0 radical (unpaired) electrons. The van der Waals surface area contributed by atoms with Crippen LogP contribution in [-0.2, 0) is 18.1 Å². The molecule has 0 saturated carbocycles. The highest BCUT2D eigenvalue weighted by Crippen LogP contribution is 2.51. The van der Waals surface area contributed by atoms with Crippen molar-refractivity contribution in [2.75, 3.05) is 26.4 Å². The highest BCUT2D eigenvalue weighted by Gasteiger charge is 2.29. The molecule has 17 heavy (non-hydrogen) atoms. The number of phosphoric acid groups is 1. The van der Waals surface area contributed by atoms with E-state index in [-0.39, 0.29) is 6.61 Å². The Morgan fingerprint density at radius 1 is 1.12 bits per heavy atom. The van der Waals surface area contributed by atoms with Gasteiger partial charge in [0, 0.05) is 0 Å². The fourth-order valence-corrected chi connectivity index (χ4v) is 2.58. The van der Waals surface area contributed by atoms with Gasteiger partial charge in [0.25, 0.3) is 0 Å². The molecule has 94 valence electrons. The summed E-state index contributed by atoms with van der Waals surface area (Å²) in [6.07, 6.45) is 0.744. The van der Waals surface area contributed by atoms with Gasteiger partial charge in [-0.3, -0.25) is 13.6 Å². The van der Waals surface area contributed by atoms with Crippen LogP contribution in [0.25, 0.3) is 0 Å².